The minimum absolute atomic E-state index is 0.101. The van der Waals surface area contributed by atoms with Crippen LogP contribution in [0.3, 0.4) is 0 Å². The lowest BCUT2D eigenvalue weighted by Gasteiger charge is -2.32. The van der Waals surface area contributed by atoms with Gasteiger partial charge in [0.2, 0.25) is 0 Å². The number of piperidine rings is 1. The maximum Gasteiger partial charge on any atom is 0.251 e. The van der Waals surface area contributed by atoms with Gasteiger partial charge in [0, 0.05) is 43.6 Å². The third-order valence-electron chi connectivity index (χ3n) is 3.13. The molecule has 0 unspecified atom stereocenters. The van der Waals surface area contributed by atoms with E-state index in [1.54, 1.807) is 12.4 Å². The Morgan fingerprint density at radius 1 is 1.24 bits per heavy atom. The van der Waals surface area contributed by atoms with Crippen LogP contribution in [0.4, 0.5) is 14.6 Å². The van der Waals surface area contributed by atoms with Crippen LogP contribution >= 0.6 is 0 Å². The molecule has 1 saturated heterocycles. The first-order valence-electron chi connectivity index (χ1n) is 5.56. The Balaban J connectivity index is 1.84. The molecule has 3 rings (SSSR count). The summed E-state index contributed by atoms with van der Waals surface area (Å²) in [5.74, 6) is -1.79. The molecule has 2 aromatic heterocycles. The number of anilines is 1. The van der Waals surface area contributed by atoms with Crippen molar-refractivity contribution in [2.45, 2.75) is 18.8 Å². The maximum atomic E-state index is 13.0. The predicted octanol–water partition coefficient (Wildman–Crippen LogP) is 2.19. The van der Waals surface area contributed by atoms with Gasteiger partial charge in [-0.15, -0.1) is 0 Å². The van der Waals surface area contributed by atoms with Crippen LogP contribution in [0.25, 0.3) is 10.9 Å². The summed E-state index contributed by atoms with van der Waals surface area (Å²) in [4.78, 5) is 6.16. The molecule has 0 spiro atoms. The highest BCUT2D eigenvalue weighted by Gasteiger charge is 2.34. The van der Waals surface area contributed by atoms with E-state index in [0.717, 1.165) is 16.7 Å². The fourth-order valence-electron chi connectivity index (χ4n) is 2.06. The molecule has 6 heteroatoms. The maximum absolute atomic E-state index is 13.0. The van der Waals surface area contributed by atoms with Gasteiger partial charge in [-0.2, -0.15) is 5.10 Å². The standard InChI is InChI=1S/C11H12F2N4/c12-11(13)1-3-17(4-2-11)10-5-9-8(6-14-10)7-15-16-9/h5-7H,1-4H2,(H,15,16). The van der Waals surface area contributed by atoms with E-state index >= 15 is 0 Å². The fraction of sp³-hybridized carbons (Fsp3) is 0.455. The topological polar surface area (TPSA) is 44.8 Å². The van der Waals surface area contributed by atoms with Gasteiger partial charge in [-0.1, -0.05) is 0 Å². The largest absolute Gasteiger partial charge is 0.356 e. The molecule has 0 saturated carbocycles. The number of aromatic nitrogens is 3. The number of nitrogens with zero attached hydrogens (tertiary/aromatic N) is 3. The van der Waals surface area contributed by atoms with E-state index in [0.29, 0.717) is 13.1 Å². The molecular formula is C11H12F2N4. The number of fused-ring (bicyclic) bond motifs is 1. The van der Waals surface area contributed by atoms with Gasteiger partial charge >= 0.3 is 0 Å². The van der Waals surface area contributed by atoms with E-state index < -0.39 is 5.92 Å². The van der Waals surface area contributed by atoms with E-state index in [4.69, 9.17) is 0 Å². The summed E-state index contributed by atoms with van der Waals surface area (Å²) in [5, 5.41) is 7.68. The number of hydrogen-bond donors (Lipinski definition) is 1. The van der Waals surface area contributed by atoms with E-state index in [1.807, 2.05) is 11.0 Å². The van der Waals surface area contributed by atoms with Gasteiger partial charge in [0.25, 0.3) is 5.92 Å². The lowest BCUT2D eigenvalue weighted by Crippen LogP contribution is -2.39. The summed E-state index contributed by atoms with van der Waals surface area (Å²) in [5.41, 5.74) is 0.882. The number of pyridine rings is 1. The molecule has 0 bridgehead atoms. The van der Waals surface area contributed by atoms with Gasteiger partial charge < -0.3 is 4.90 Å². The van der Waals surface area contributed by atoms with Crippen LogP contribution in [-0.2, 0) is 0 Å². The smallest absolute Gasteiger partial charge is 0.251 e. The predicted molar refractivity (Wildman–Crippen MR) is 60.3 cm³/mol. The normalized spacial score (nSPS) is 19.8. The Morgan fingerprint density at radius 2 is 2.00 bits per heavy atom. The Kier molecular flexibility index (Phi) is 2.24. The number of alkyl halides is 2. The molecule has 1 aliphatic heterocycles. The van der Waals surface area contributed by atoms with Gasteiger partial charge in [-0.05, 0) is 0 Å². The summed E-state index contributed by atoms with van der Waals surface area (Å²) in [6.07, 6.45) is 3.20. The minimum Gasteiger partial charge on any atom is -0.356 e. The fourth-order valence-corrected chi connectivity index (χ4v) is 2.06. The number of halogens is 2. The molecule has 1 N–H and O–H groups in total. The van der Waals surface area contributed by atoms with Crippen LogP contribution in [0.2, 0.25) is 0 Å². The molecule has 0 aliphatic carbocycles. The summed E-state index contributed by atoms with van der Waals surface area (Å²) in [6, 6.07) is 1.85. The van der Waals surface area contributed by atoms with Gasteiger partial charge in [0.05, 0.1) is 11.7 Å². The van der Waals surface area contributed by atoms with Crippen LogP contribution in [0.15, 0.2) is 18.5 Å². The second-order valence-electron chi connectivity index (χ2n) is 4.34. The molecule has 1 aliphatic rings. The highest BCUT2D eigenvalue weighted by Crippen LogP contribution is 2.30. The molecule has 4 nitrogen and oxygen atoms in total. The molecule has 90 valence electrons. The Bertz CT molecular complexity index is 527. The van der Waals surface area contributed by atoms with Crippen molar-refractivity contribution in [2.24, 2.45) is 0 Å². The highest BCUT2D eigenvalue weighted by atomic mass is 19.3. The number of hydrogen-bond acceptors (Lipinski definition) is 3. The van der Waals surface area contributed by atoms with Crippen molar-refractivity contribution in [3.63, 3.8) is 0 Å². The van der Waals surface area contributed by atoms with Gasteiger partial charge in [-0.3, -0.25) is 5.10 Å². The molecule has 3 heterocycles. The lowest BCUT2D eigenvalue weighted by molar-refractivity contribution is -0.0221. The SMILES string of the molecule is FC1(F)CCN(c2cc3[nH]ncc3cn2)CC1. The van der Waals surface area contributed by atoms with Crippen LogP contribution < -0.4 is 4.90 Å². The lowest BCUT2D eigenvalue weighted by atomic mass is 10.1. The van der Waals surface area contributed by atoms with Crippen molar-refractivity contribution >= 4 is 16.7 Å². The summed E-state index contributed by atoms with van der Waals surface area (Å²) in [6.45, 7) is 0.694. The summed E-state index contributed by atoms with van der Waals surface area (Å²) < 4.78 is 26.1. The number of aromatic amines is 1. The average Bonchev–Trinajstić information content (AvgIpc) is 2.76. The molecule has 0 radical (unpaired) electrons. The monoisotopic (exact) mass is 238 g/mol. The average molecular weight is 238 g/mol. The Morgan fingerprint density at radius 3 is 2.76 bits per heavy atom. The second-order valence-corrected chi connectivity index (χ2v) is 4.34. The van der Waals surface area contributed by atoms with E-state index in [2.05, 4.69) is 15.2 Å². The number of H-pyrrole nitrogens is 1. The van der Waals surface area contributed by atoms with Crippen molar-refractivity contribution in [1.29, 1.82) is 0 Å². The first-order chi connectivity index (χ1) is 8.14. The van der Waals surface area contributed by atoms with Crippen LogP contribution in [-0.4, -0.2) is 34.2 Å². The molecule has 0 atom stereocenters. The van der Waals surface area contributed by atoms with Crippen molar-refractivity contribution in [3.8, 4) is 0 Å². The third-order valence-corrected chi connectivity index (χ3v) is 3.13. The van der Waals surface area contributed by atoms with E-state index in [-0.39, 0.29) is 12.8 Å². The zero-order valence-corrected chi connectivity index (χ0v) is 9.16. The Labute approximate surface area is 96.6 Å². The molecule has 0 amide bonds. The van der Waals surface area contributed by atoms with Crippen molar-refractivity contribution in [2.75, 3.05) is 18.0 Å². The van der Waals surface area contributed by atoms with Crippen molar-refractivity contribution in [3.05, 3.63) is 18.5 Å². The van der Waals surface area contributed by atoms with E-state index in [1.165, 1.54) is 0 Å². The Hall–Kier alpha value is -1.72. The van der Waals surface area contributed by atoms with Crippen LogP contribution in [0, 0.1) is 0 Å². The molecule has 17 heavy (non-hydrogen) atoms. The quantitative estimate of drug-likeness (QED) is 0.828. The van der Waals surface area contributed by atoms with Crippen molar-refractivity contribution in [1.82, 2.24) is 15.2 Å². The highest BCUT2D eigenvalue weighted by molar-refractivity contribution is 5.79. The van der Waals surface area contributed by atoms with Crippen LogP contribution in [0.1, 0.15) is 12.8 Å². The third kappa shape index (κ3) is 1.94. The zero-order valence-electron chi connectivity index (χ0n) is 9.16. The van der Waals surface area contributed by atoms with Crippen LogP contribution in [0.5, 0.6) is 0 Å². The molecule has 1 fully saturated rings. The van der Waals surface area contributed by atoms with E-state index in [9.17, 15) is 8.78 Å². The second kappa shape index (κ2) is 3.65. The number of rotatable bonds is 1. The molecular weight excluding hydrogens is 226 g/mol. The number of nitrogens with one attached hydrogen (secondary N) is 1. The first kappa shape index (κ1) is 10.4. The zero-order chi connectivity index (χ0) is 11.9. The van der Waals surface area contributed by atoms with Gasteiger partial charge in [0.1, 0.15) is 5.82 Å². The van der Waals surface area contributed by atoms with Gasteiger partial charge in [-0.25, -0.2) is 13.8 Å². The minimum atomic E-state index is -2.52. The molecule has 2 aromatic rings. The van der Waals surface area contributed by atoms with Crippen molar-refractivity contribution < 1.29 is 8.78 Å². The first-order valence-corrected chi connectivity index (χ1v) is 5.56. The summed E-state index contributed by atoms with van der Waals surface area (Å²) >= 11 is 0. The van der Waals surface area contributed by atoms with Gasteiger partial charge in [0.15, 0.2) is 0 Å². The summed E-state index contributed by atoms with van der Waals surface area (Å²) in [7, 11) is 0. The molecule has 0 aromatic carbocycles.